The molecule has 2 aromatic rings. The van der Waals surface area contributed by atoms with Gasteiger partial charge in [0.15, 0.2) is 11.6 Å². The normalized spacial score (nSPS) is 10.3. The van der Waals surface area contributed by atoms with Crippen LogP contribution in [0.4, 0.5) is 20.2 Å². The first-order valence-electron chi connectivity index (χ1n) is 6.80. The molecule has 0 saturated carbocycles. The number of anilines is 2. The molecule has 0 bridgehead atoms. The van der Waals surface area contributed by atoms with Crippen molar-refractivity contribution in [3.8, 4) is 5.75 Å². The third kappa shape index (κ3) is 3.72. The van der Waals surface area contributed by atoms with Crippen LogP contribution in [0.25, 0.3) is 0 Å². The lowest BCUT2D eigenvalue weighted by Gasteiger charge is -2.10. The van der Waals surface area contributed by atoms with Crippen LogP contribution in [0.5, 0.6) is 5.75 Å². The maximum Gasteiger partial charge on any atom is 0.255 e. The van der Waals surface area contributed by atoms with E-state index in [-0.39, 0.29) is 5.69 Å². The Morgan fingerprint density at radius 1 is 1.18 bits per heavy atom. The Bertz CT molecular complexity index is 690. The SMILES string of the molecule is CCCOc1ccc(C(=O)Nc2ccc(F)c(F)c2)cc1N. The molecular weight excluding hydrogens is 290 g/mol. The number of halogens is 2. The Hall–Kier alpha value is -2.63. The van der Waals surface area contributed by atoms with Gasteiger partial charge in [0, 0.05) is 17.3 Å². The highest BCUT2D eigenvalue weighted by Crippen LogP contribution is 2.23. The first-order valence-corrected chi connectivity index (χ1v) is 6.80. The largest absolute Gasteiger partial charge is 0.491 e. The van der Waals surface area contributed by atoms with Crippen molar-refractivity contribution in [2.45, 2.75) is 13.3 Å². The van der Waals surface area contributed by atoms with E-state index < -0.39 is 17.5 Å². The van der Waals surface area contributed by atoms with Gasteiger partial charge >= 0.3 is 0 Å². The fourth-order valence-electron chi connectivity index (χ4n) is 1.81. The number of nitrogens with one attached hydrogen (secondary N) is 1. The summed E-state index contributed by atoms with van der Waals surface area (Å²) in [6.07, 6.45) is 0.845. The number of nitrogens with two attached hydrogens (primary N) is 1. The van der Waals surface area contributed by atoms with Gasteiger partial charge in [-0.3, -0.25) is 4.79 Å². The Morgan fingerprint density at radius 3 is 2.59 bits per heavy atom. The second kappa shape index (κ2) is 6.89. The van der Waals surface area contributed by atoms with Crippen molar-refractivity contribution in [3.05, 3.63) is 53.6 Å². The van der Waals surface area contributed by atoms with Crippen molar-refractivity contribution >= 4 is 17.3 Å². The van der Waals surface area contributed by atoms with E-state index in [1.54, 1.807) is 12.1 Å². The van der Waals surface area contributed by atoms with Crippen LogP contribution in [-0.4, -0.2) is 12.5 Å². The summed E-state index contributed by atoms with van der Waals surface area (Å²) in [5, 5.41) is 2.47. The molecule has 0 spiro atoms. The van der Waals surface area contributed by atoms with E-state index in [1.807, 2.05) is 6.92 Å². The van der Waals surface area contributed by atoms with Crippen molar-refractivity contribution in [2.24, 2.45) is 0 Å². The molecule has 0 saturated heterocycles. The molecule has 0 fully saturated rings. The maximum absolute atomic E-state index is 13.1. The Kier molecular flexibility index (Phi) is 4.93. The van der Waals surface area contributed by atoms with E-state index in [4.69, 9.17) is 10.5 Å². The lowest BCUT2D eigenvalue weighted by Crippen LogP contribution is -2.13. The number of benzene rings is 2. The number of carbonyl (C=O) groups excluding carboxylic acids is 1. The first-order chi connectivity index (χ1) is 10.5. The summed E-state index contributed by atoms with van der Waals surface area (Å²) in [4.78, 5) is 12.1. The van der Waals surface area contributed by atoms with Crippen LogP contribution >= 0.6 is 0 Å². The highest BCUT2D eigenvalue weighted by Gasteiger charge is 2.10. The number of rotatable bonds is 5. The fraction of sp³-hybridized carbons (Fsp3) is 0.188. The van der Waals surface area contributed by atoms with Crippen LogP contribution in [0.1, 0.15) is 23.7 Å². The molecule has 0 atom stereocenters. The maximum atomic E-state index is 13.1. The van der Waals surface area contributed by atoms with Gasteiger partial charge in [0.05, 0.1) is 12.3 Å². The summed E-state index contributed by atoms with van der Waals surface area (Å²) in [6, 6.07) is 7.76. The molecule has 0 aromatic heterocycles. The average Bonchev–Trinajstić information content (AvgIpc) is 2.49. The fourth-order valence-corrected chi connectivity index (χ4v) is 1.81. The summed E-state index contributed by atoms with van der Waals surface area (Å²) < 4.78 is 31.4. The number of hydrogen-bond donors (Lipinski definition) is 2. The highest BCUT2D eigenvalue weighted by molar-refractivity contribution is 6.05. The van der Waals surface area contributed by atoms with E-state index in [1.165, 1.54) is 12.1 Å². The topological polar surface area (TPSA) is 64.3 Å². The van der Waals surface area contributed by atoms with E-state index in [9.17, 15) is 13.6 Å². The standard InChI is InChI=1S/C16H16F2N2O2/c1-2-7-22-15-6-3-10(8-14(15)19)16(21)20-11-4-5-12(17)13(18)9-11/h3-6,8-9H,2,7,19H2,1H3,(H,20,21). The van der Waals surface area contributed by atoms with Crippen LogP contribution < -0.4 is 15.8 Å². The molecule has 0 aliphatic carbocycles. The smallest absolute Gasteiger partial charge is 0.255 e. The van der Waals surface area contributed by atoms with Crippen molar-refractivity contribution in [1.82, 2.24) is 0 Å². The Morgan fingerprint density at radius 2 is 1.95 bits per heavy atom. The van der Waals surface area contributed by atoms with E-state index in [0.717, 1.165) is 18.6 Å². The summed E-state index contributed by atoms with van der Waals surface area (Å²) in [7, 11) is 0. The molecule has 0 unspecified atom stereocenters. The molecule has 4 nitrogen and oxygen atoms in total. The number of ether oxygens (including phenoxy) is 1. The van der Waals surface area contributed by atoms with Crippen LogP contribution in [0.2, 0.25) is 0 Å². The third-order valence-corrected chi connectivity index (χ3v) is 2.91. The van der Waals surface area contributed by atoms with Crippen LogP contribution in [0, 0.1) is 11.6 Å². The molecule has 6 heteroatoms. The minimum atomic E-state index is -1.03. The summed E-state index contributed by atoms with van der Waals surface area (Å²) in [6.45, 7) is 2.50. The number of amides is 1. The van der Waals surface area contributed by atoms with Gasteiger partial charge in [-0.25, -0.2) is 8.78 Å². The van der Waals surface area contributed by atoms with Crippen molar-refractivity contribution in [1.29, 1.82) is 0 Å². The van der Waals surface area contributed by atoms with Crippen LogP contribution in [0.15, 0.2) is 36.4 Å². The van der Waals surface area contributed by atoms with Crippen LogP contribution in [0.3, 0.4) is 0 Å². The number of carbonyl (C=O) groups is 1. The third-order valence-electron chi connectivity index (χ3n) is 2.91. The molecule has 1 amide bonds. The van der Waals surface area contributed by atoms with Gasteiger partial charge in [-0.15, -0.1) is 0 Å². The van der Waals surface area contributed by atoms with Gasteiger partial charge in [0.25, 0.3) is 5.91 Å². The summed E-state index contributed by atoms with van der Waals surface area (Å²) >= 11 is 0. The van der Waals surface area contributed by atoms with Crippen molar-refractivity contribution in [2.75, 3.05) is 17.7 Å². The first kappa shape index (κ1) is 15.8. The minimum absolute atomic E-state index is 0.161. The molecule has 2 rings (SSSR count). The van der Waals surface area contributed by atoms with E-state index in [0.29, 0.717) is 23.6 Å². The van der Waals surface area contributed by atoms with Crippen molar-refractivity contribution < 1.29 is 18.3 Å². The zero-order valence-electron chi connectivity index (χ0n) is 12.0. The zero-order chi connectivity index (χ0) is 16.1. The van der Waals surface area contributed by atoms with Crippen molar-refractivity contribution in [3.63, 3.8) is 0 Å². The lowest BCUT2D eigenvalue weighted by atomic mass is 10.1. The zero-order valence-corrected chi connectivity index (χ0v) is 12.0. The second-order valence-corrected chi connectivity index (χ2v) is 4.68. The number of nitrogen functional groups attached to an aromatic ring is 1. The molecule has 22 heavy (non-hydrogen) atoms. The second-order valence-electron chi connectivity index (χ2n) is 4.68. The highest BCUT2D eigenvalue weighted by atomic mass is 19.2. The molecule has 0 aliphatic rings. The molecule has 0 heterocycles. The van der Waals surface area contributed by atoms with Gasteiger partial charge in [-0.05, 0) is 36.8 Å². The molecular formula is C16H16F2N2O2. The van der Waals surface area contributed by atoms with Gasteiger partial charge in [-0.2, -0.15) is 0 Å². The molecule has 2 aromatic carbocycles. The molecule has 116 valence electrons. The monoisotopic (exact) mass is 306 g/mol. The summed E-state index contributed by atoms with van der Waals surface area (Å²) in [5.74, 6) is -1.97. The Balaban J connectivity index is 2.12. The lowest BCUT2D eigenvalue weighted by molar-refractivity contribution is 0.102. The van der Waals surface area contributed by atoms with Crippen LogP contribution in [-0.2, 0) is 0 Å². The van der Waals surface area contributed by atoms with Gasteiger partial charge in [-0.1, -0.05) is 6.92 Å². The number of hydrogen-bond acceptors (Lipinski definition) is 3. The van der Waals surface area contributed by atoms with E-state index in [2.05, 4.69) is 5.32 Å². The predicted molar refractivity (Wildman–Crippen MR) is 81.0 cm³/mol. The molecule has 0 aliphatic heterocycles. The van der Waals surface area contributed by atoms with Gasteiger partial charge in [0.2, 0.25) is 0 Å². The Labute approximate surface area is 126 Å². The van der Waals surface area contributed by atoms with Gasteiger partial charge < -0.3 is 15.8 Å². The molecule has 3 N–H and O–H groups in total. The average molecular weight is 306 g/mol. The quantitative estimate of drug-likeness (QED) is 0.830. The predicted octanol–water partition coefficient (Wildman–Crippen LogP) is 3.59. The minimum Gasteiger partial charge on any atom is -0.491 e. The van der Waals surface area contributed by atoms with E-state index >= 15 is 0 Å². The summed E-state index contributed by atoms with van der Waals surface area (Å²) in [5.41, 5.74) is 6.62. The van der Waals surface area contributed by atoms with Gasteiger partial charge in [0.1, 0.15) is 5.75 Å². The molecule has 0 radical (unpaired) electrons.